The topological polar surface area (TPSA) is 108 Å². The van der Waals surface area contributed by atoms with Crippen molar-refractivity contribution in [2.24, 2.45) is 5.92 Å². The maximum atomic E-state index is 12.2. The van der Waals surface area contributed by atoms with Gasteiger partial charge in [0.25, 0.3) is 0 Å². The number of fused-ring (bicyclic) bond motifs is 1. The van der Waals surface area contributed by atoms with Crippen LogP contribution in [0.15, 0.2) is 30.3 Å². The molecule has 2 aliphatic heterocycles. The van der Waals surface area contributed by atoms with Crippen molar-refractivity contribution in [3.63, 3.8) is 0 Å². The molecule has 3 aromatic rings. The number of nitrogens with one attached hydrogen (secondary N) is 2. The Morgan fingerprint density at radius 2 is 1.97 bits per heavy atom. The maximum absolute atomic E-state index is 12.2. The van der Waals surface area contributed by atoms with Gasteiger partial charge in [-0.25, -0.2) is 18.4 Å². The molecule has 200 valence electrons. The Hall–Kier alpha value is -3.02. The van der Waals surface area contributed by atoms with Crippen LogP contribution in [0.2, 0.25) is 0 Å². The Kier molecular flexibility index (Phi) is 6.40. The summed E-state index contributed by atoms with van der Waals surface area (Å²) in [5.74, 6) is 2.11. The zero-order valence-electron chi connectivity index (χ0n) is 21.8. The number of hydrogen-bond donors (Lipinski definition) is 2. The van der Waals surface area contributed by atoms with Gasteiger partial charge in [0, 0.05) is 32.1 Å². The maximum Gasteiger partial charge on any atom is 0.229 e. The highest BCUT2D eigenvalue weighted by Gasteiger charge is 2.35. The first-order valence-electron chi connectivity index (χ1n) is 13.0. The van der Waals surface area contributed by atoms with Crippen LogP contribution in [0.3, 0.4) is 0 Å². The molecule has 1 unspecified atom stereocenters. The van der Waals surface area contributed by atoms with E-state index in [-0.39, 0.29) is 5.91 Å². The summed E-state index contributed by atoms with van der Waals surface area (Å²) in [6, 6.07) is 10.2. The number of anilines is 4. The van der Waals surface area contributed by atoms with Crippen LogP contribution in [-0.2, 0) is 27.9 Å². The number of rotatable bonds is 8. The fraction of sp³-hybridized carbons (Fsp3) is 0.444. The van der Waals surface area contributed by atoms with Crippen LogP contribution >= 0.6 is 11.3 Å². The van der Waals surface area contributed by atoms with Crippen molar-refractivity contribution < 1.29 is 13.2 Å². The standard InChI is InChI=1S/C27H32N6O3S2/c1-16-26(37-27(28-16)30-23-6-4-7-24(29-23)33-11-5-8-25(33)34)19-12-20-14-32(17(2)18-9-10-18)15-21(20)22(13-19)31-38(3,35)36/h4,6-7,12-13,17-18,31H,5,8-11,14-15H2,1-3H3,(H,28,29,30). The summed E-state index contributed by atoms with van der Waals surface area (Å²) in [5, 5.41) is 3.99. The Labute approximate surface area is 227 Å². The van der Waals surface area contributed by atoms with Gasteiger partial charge in [-0.2, -0.15) is 0 Å². The summed E-state index contributed by atoms with van der Waals surface area (Å²) in [6.45, 7) is 6.49. The molecule has 4 heterocycles. The number of sulfonamides is 1. The smallest absolute Gasteiger partial charge is 0.229 e. The van der Waals surface area contributed by atoms with E-state index in [1.165, 1.54) is 30.4 Å². The quantitative estimate of drug-likeness (QED) is 0.411. The van der Waals surface area contributed by atoms with E-state index in [1.807, 2.05) is 31.2 Å². The van der Waals surface area contributed by atoms with Crippen molar-refractivity contribution in [3.8, 4) is 10.4 Å². The molecule has 38 heavy (non-hydrogen) atoms. The monoisotopic (exact) mass is 552 g/mol. The normalized spacial score (nSPS) is 18.6. The van der Waals surface area contributed by atoms with Crippen molar-refractivity contribution in [1.29, 1.82) is 0 Å². The molecule has 2 N–H and O–H groups in total. The predicted octanol–water partition coefficient (Wildman–Crippen LogP) is 4.87. The van der Waals surface area contributed by atoms with Gasteiger partial charge in [0.15, 0.2) is 5.13 Å². The number of amides is 1. The number of aromatic nitrogens is 2. The van der Waals surface area contributed by atoms with Crippen LogP contribution in [0, 0.1) is 12.8 Å². The second-order valence-corrected chi connectivity index (χ2v) is 13.4. The summed E-state index contributed by atoms with van der Waals surface area (Å²) in [6.07, 6.45) is 5.15. The van der Waals surface area contributed by atoms with Gasteiger partial charge in [-0.15, -0.1) is 0 Å². The first-order chi connectivity index (χ1) is 18.1. The average molecular weight is 553 g/mol. The van der Waals surface area contributed by atoms with E-state index in [0.29, 0.717) is 41.5 Å². The number of pyridine rings is 1. The minimum Gasteiger partial charge on any atom is -0.316 e. The van der Waals surface area contributed by atoms with Gasteiger partial charge in [0.1, 0.15) is 11.6 Å². The van der Waals surface area contributed by atoms with Crippen LogP contribution < -0.4 is 14.9 Å². The molecule has 0 radical (unpaired) electrons. The number of thiazole rings is 1. The lowest BCUT2D eigenvalue weighted by Gasteiger charge is -2.23. The number of benzene rings is 1. The summed E-state index contributed by atoms with van der Waals surface area (Å²) in [5.41, 5.74) is 4.67. The summed E-state index contributed by atoms with van der Waals surface area (Å²) >= 11 is 1.51. The third kappa shape index (κ3) is 5.14. The summed E-state index contributed by atoms with van der Waals surface area (Å²) in [7, 11) is -3.43. The average Bonchev–Trinajstić information content (AvgIpc) is 3.29. The minimum absolute atomic E-state index is 0.0993. The molecule has 3 aliphatic rings. The number of carbonyl (C=O) groups is 1. The predicted molar refractivity (Wildman–Crippen MR) is 151 cm³/mol. The fourth-order valence-electron chi connectivity index (χ4n) is 5.49. The van der Waals surface area contributed by atoms with Crippen LogP contribution in [0.4, 0.5) is 22.5 Å². The molecule has 1 aliphatic carbocycles. The molecular weight excluding hydrogens is 520 g/mol. The lowest BCUT2D eigenvalue weighted by atomic mass is 10.0. The van der Waals surface area contributed by atoms with Crippen LogP contribution in [0.1, 0.15) is 49.4 Å². The molecule has 6 rings (SSSR count). The summed E-state index contributed by atoms with van der Waals surface area (Å²) < 4.78 is 27.2. The molecule has 0 spiro atoms. The van der Waals surface area contributed by atoms with Crippen LogP contribution in [0.25, 0.3) is 10.4 Å². The van der Waals surface area contributed by atoms with E-state index >= 15 is 0 Å². The zero-order chi connectivity index (χ0) is 26.6. The van der Waals surface area contributed by atoms with Gasteiger partial charge >= 0.3 is 0 Å². The molecule has 1 amide bonds. The van der Waals surface area contributed by atoms with Gasteiger partial charge in [0.05, 0.1) is 22.5 Å². The van der Waals surface area contributed by atoms with E-state index in [1.54, 1.807) is 4.90 Å². The van der Waals surface area contributed by atoms with Crippen molar-refractivity contribution >= 4 is 49.7 Å². The first-order valence-corrected chi connectivity index (χ1v) is 15.8. The highest BCUT2D eigenvalue weighted by atomic mass is 32.2. The largest absolute Gasteiger partial charge is 0.316 e. The second kappa shape index (κ2) is 9.62. The van der Waals surface area contributed by atoms with E-state index in [0.717, 1.165) is 52.7 Å². The fourth-order valence-corrected chi connectivity index (χ4v) is 7.03. The minimum atomic E-state index is -3.43. The van der Waals surface area contributed by atoms with E-state index in [9.17, 15) is 13.2 Å². The number of carbonyl (C=O) groups excluding carboxylic acids is 1. The van der Waals surface area contributed by atoms with E-state index in [4.69, 9.17) is 4.98 Å². The van der Waals surface area contributed by atoms with Crippen LogP contribution in [-0.4, -0.2) is 48.0 Å². The second-order valence-electron chi connectivity index (χ2n) is 10.6. The summed E-state index contributed by atoms with van der Waals surface area (Å²) in [4.78, 5) is 26.7. The highest BCUT2D eigenvalue weighted by molar-refractivity contribution is 7.92. The van der Waals surface area contributed by atoms with Gasteiger partial charge in [0.2, 0.25) is 15.9 Å². The van der Waals surface area contributed by atoms with E-state index in [2.05, 4.69) is 32.9 Å². The lowest BCUT2D eigenvalue weighted by Crippen LogP contribution is -2.29. The van der Waals surface area contributed by atoms with Gasteiger partial charge in [-0.1, -0.05) is 17.4 Å². The lowest BCUT2D eigenvalue weighted by molar-refractivity contribution is -0.117. The molecule has 11 heteroatoms. The van der Waals surface area contributed by atoms with Gasteiger partial charge in [-0.05, 0) is 80.0 Å². The third-order valence-electron chi connectivity index (χ3n) is 7.63. The molecule has 1 saturated carbocycles. The number of nitrogens with zero attached hydrogens (tertiary/aromatic N) is 4. The van der Waals surface area contributed by atoms with Crippen molar-refractivity contribution in [1.82, 2.24) is 14.9 Å². The van der Waals surface area contributed by atoms with Crippen LogP contribution in [0.5, 0.6) is 0 Å². The van der Waals surface area contributed by atoms with Gasteiger partial charge < -0.3 is 5.32 Å². The molecule has 2 fully saturated rings. The molecule has 0 bridgehead atoms. The highest BCUT2D eigenvalue weighted by Crippen LogP contribution is 2.43. The van der Waals surface area contributed by atoms with E-state index < -0.39 is 10.0 Å². The first kappa shape index (κ1) is 25.3. The third-order valence-corrected chi connectivity index (χ3v) is 9.34. The Morgan fingerprint density at radius 1 is 1.16 bits per heavy atom. The number of aryl methyl sites for hydroxylation is 1. The number of hydrogen-bond acceptors (Lipinski definition) is 8. The van der Waals surface area contributed by atoms with Crippen molar-refractivity contribution in [2.75, 3.05) is 27.7 Å². The van der Waals surface area contributed by atoms with Crippen molar-refractivity contribution in [3.05, 3.63) is 47.2 Å². The molecular formula is C27H32N6O3S2. The SMILES string of the molecule is Cc1nc(Nc2cccc(N3CCCC3=O)n2)sc1-c1cc2c(c(NS(C)(=O)=O)c1)CN(C(C)C1CC1)C2. The Morgan fingerprint density at radius 3 is 2.68 bits per heavy atom. The van der Waals surface area contributed by atoms with Crippen molar-refractivity contribution in [2.45, 2.75) is 58.7 Å². The Bertz CT molecular complexity index is 1510. The molecule has 9 nitrogen and oxygen atoms in total. The zero-order valence-corrected chi connectivity index (χ0v) is 23.5. The molecule has 1 atom stereocenters. The van der Waals surface area contributed by atoms with Gasteiger partial charge in [-0.3, -0.25) is 19.3 Å². The molecule has 1 aromatic carbocycles. The Balaban J connectivity index is 1.29. The molecule has 2 aromatic heterocycles. The molecule has 1 saturated heterocycles.